The van der Waals surface area contributed by atoms with E-state index in [1.54, 1.807) is 13.8 Å². The zero-order chi connectivity index (χ0) is 17.4. The average Bonchev–Trinajstić information content (AvgIpc) is 2.47. The second-order valence-electron chi connectivity index (χ2n) is 4.94. The molecule has 0 aliphatic carbocycles. The minimum atomic E-state index is -1.03. The number of unbranched alkanes of at least 4 members (excludes halogenated alkanes) is 2. The van der Waals surface area contributed by atoms with E-state index in [9.17, 15) is 29.4 Å². The average molecular weight is 370 g/mol. The molecule has 0 rings (SSSR count). The maximum atomic E-state index is 10.7. The first-order chi connectivity index (χ1) is 10.3. The number of carbonyl (C=O) groups is 4. The Hall–Kier alpha value is -1.20. The van der Waals surface area contributed by atoms with Crippen LogP contribution in [0.4, 0.5) is 0 Å². The second kappa shape index (κ2) is 18.8. The second-order valence-corrected chi connectivity index (χ2v) is 4.94. The largest absolute Gasteiger partial charge is 2.00 e. The van der Waals surface area contributed by atoms with Crippen molar-refractivity contribution in [3.05, 3.63) is 0 Å². The summed E-state index contributed by atoms with van der Waals surface area (Å²) in [5.41, 5.74) is 0. The summed E-state index contributed by atoms with van der Waals surface area (Å²) in [7, 11) is 0. The van der Waals surface area contributed by atoms with Gasteiger partial charge in [-0.25, -0.2) is 0 Å². The van der Waals surface area contributed by atoms with E-state index in [1.165, 1.54) is 0 Å². The van der Waals surface area contributed by atoms with Gasteiger partial charge in [-0.1, -0.05) is 13.8 Å². The van der Waals surface area contributed by atoms with Crippen LogP contribution in [0.2, 0.25) is 0 Å². The van der Waals surface area contributed by atoms with Crippen molar-refractivity contribution in [1.82, 2.24) is 0 Å². The summed E-state index contributed by atoms with van der Waals surface area (Å²) in [6, 6.07) is 0. The van der Waals surface area contributed by atoms with Crippen molar-refractivity contribution in [3.8, 4) is 0 Å². The van der Waals surface area contributed by atoms with Gasteiger partial charge in [-0.05, 0) is 38.5 Å². The molecule has 0 bridgehead atoms. The van der Waals surface area contributed by atoms with Gasteiger partial charge in [-0.2, -0.15) is 0 Å². The standard InChI is InChI=1S/2C8H14O3.Fe/c2*1-2-7(9)5-3-4-6-8(10)11;/h2*2-6H2,1H3,(H,10,11);/q;;+2/p-2. The summed E-state index contributed by atoms with van der Waals surface area (Å²) < 4.78 is 0. The fourth-order valence-electron chi connectivity index (χ4n) is 1.54. The molecule has 0 spiro atoms. The van der Waals surface area contributed by atoms with Crippen LogP contribution in [-0.2, 0) is 36.2 Å². The zero-order valence-corrected chi connectivity index (χ0v) is 15.0. The minimum absolute atomic E-state index is 0. The number of aliphatic carboxylic acids is 2. The van der Waals surface area contributed by atoms with E-state index in [1.807, 2.05) is 0 Å². The molecule has 7 heteroatoms. The molecule has 6 nitrogen and oxygen atoms in total. The Bertz CT molecular complexity index is 320. The molecular formula is C16H26FeO6. The summed E-state index contributed by atoms with van der Waals surface area (Å²) in [4.78, 5) is 41.2. The summed E-state index contributed by atoms with van der Waals surface area (Å²) >= 11 is 0. The van der Waals surface area contributed by atoms with Gasteiger partial charge in [0.1, 0.15) is 11.6 Å². The van der Waals surface area contributed by atoms with Crippen LogP contribution >= 0.6 is 0 Å². The van der Waals surface area contributed by atoms with Crippen LogP contribution in [0, 0.1) is 0 Å². The van der Waals surface area contributed by atoms with Gasteiger partial charge in [0, 0.05) is 37.6 Å². The van der Waals surface area contributed by atoms with E-state index in [0.717, 1.165) is 0 Å². The number of hydrogen-bond acceptors (Lipinski definition) is 6. The van der Waals surface area contributed by atoms with Gasteiger partial charge in [0.15, 0.2) is 0 Å². The maximum Gasteiger partial charge on any atom is 2.00 e. The molecule has 0 saturated heterocycles. The Kier molecular flexibility index (Phi) is 21.9. The first kappa shape index (κ1) is 26.7. The number of hydrogen-bond donors (Lipinski definition) is 0. The maximum absolute atomic E-state index is 10.7. The molecular weight excluding hydrogens is 344 g/mol. The third-order valence-electron chi connectivity index (χ3n) is 2.96. The number of carboxylic acid groups (broad SMARTS) is 2. The first-order valence-electron chi connectivity index (χ1n) is 7.76. The van der Waals surface area contributed by atoms with E-state index >= 15 is 0 Å². The van der Waals surface area contributed by atoms with Crippen molar-refractivity contribution in [3.63, 3.8) is 0 Å². The van der Waals surface area contributed by atoms with Gasteiger partial charge in [0.2, 0.25) is 0 Å². The molecule has 23 heavy (non-hydrogen) atoms. The van der Waals surface area contributed by atoms with Crippen LogP contribution in [0.1, 0.15) is 78.1 Å². The van der Waals surface area contributed by atoms with Gasteiger partial charge >= 0.3 is 17.1 Å². The Morgan fingerprint density at radius 3 is 1.09 bits per heavy atom. The van der Waals surface area contributed by atoms with E-state index in [2.05, 4.69) is 0 Å². The third-order valence-corrected chi connectivity index (χ3v) is 2.96. The van der Waals surface area contributed by atoms with E-state index in [0.29, 0.717) is 51.4 Å². The Balaban J connectivity index is -0.000000333. The number of carbonyl (C=O) groups excluding carboxylic acids is 4. The van der Waals surface area contributed by atoms with Gasteiger partial charge in [-0.3, -0.25) is 9.59 Å². The number of Topliss-reactive ketones (excluding diaryl/α,β-unsaturated/α-hetero) is 2. The predicted octanol–water partition coefficient (Wildman–Crippen LogP) is 0.549. The Labute approximate surface area is 148 Å². The van der Waals surface area contributed by atoms with Crippen molar-refractivity contribution < 1.29 is 46.5 Å². The molecule has 0 aromatic rings. The van der Waals surface area contributed by atoms with Crippen molar-refractivity contribution >= 4 is 23.5 Å². The molecule has 0 aromatic heterocycles. The van der Waals surface area contributed by atoms with Gasteiger partial charge in [0.05, 0.1) is 0 Å². The fraction of sp³-hybridized carbons (Fsp3) is 0.750. The quantitative estimate of drug-likeness (QED) is 0.366. The fourth-order valence-corrected chi connectivity index (χ4v) is 1.54. The van der Waals surface area contributed by atoms with E-state index in [4.69, 9.17) is 0 Å². The minimum Gasteiger partial charge on any atom is -0.550 e. The van der Waals surface area contributed by atoms with Crippen LogP contribution in [0.25, 0.3) is 0 Å². The molecule has 0 unspecified atom stereocenters. The molecule has 0 fully saturated rings. The normalized spacial score (nSPS) is 9.13. The molecule has 0 atom stereocenters. The van der Waals surface area contributed by atoms with E-state index < -0.39 is 11.9 Å². The van der Waals surface area contributed by atoms with Crippen molar-refractivity contribution in [2.75, 3.05) is 0 Å². The molecule has 0 aliphatic heterocycles. The zero-order valence-electron chi connectivity index (χ0n) is 13.9. The predicted molar refractivity (Wildman–Crippen MR) is 77.5 cm³/mol. The van der Waals surface area contributed by atoms with Crippen LogP contribution < -0.4 is 10.2 Å². The van der Waals surface area contributed by atoms with Crippen LogP contribution in [0.15, 0.2) is 0 Å². The first-order valence-corrected chi connectivity index (χ1v) is 7.76. The summed E-state index contributed by atoms with van der Waals surface area (Å²) in [5, 5.41) is 19.8. The van der Waals surface area contributed by atoms with Crippen LogP contribution in [-0.4, -0.2) is 23.5 Å². The smallest absolute Gasteiger partial charge is 0.550 e. The number of rotatable bonds is 12. The molecule has 0 radical (unpaired) electrons. The molecule has 0 aromatic carbocycles. The molecule has 0 N–H and O–H groups in total. The number of carboxylic acids is 2. The molecule has 0 saturated carbocycles. The van der Waals surface area contributed by atoms with Crippen molar-refractivity contribution in [1.29, 1.82) is 0 Å². The van der Waals surface area contributed by atoms with Crippen LogP contribution in [0.3, 0.4) is 0 Å². The van der Waals surface area contributed by atoms with Crippen molar-refractivity contribution in [2.24, 2.45) is 0 Å². The molecule has 0 heterocycles. The number of ketones is 2. The Morgan fingerprint density at radius 2 is 0.870 bits per heavy atom. The van der Waals surface area contributed by atoms with Gasteiger partial charge in [-0.15, -0.1) is 0 Å². The topological polar surface area (TPSA) is 114 Å². The summed E-state index contributed by atoms with van der Waals surface area (Å²) in [6.45, 7) is 3.61. The molecule has 134 valence electrons. The molecule has 0 aliphatic rings. The SMILES string of the molecule is CCC(=O)CCCCC(=O)[O-].CCC(=O)CCCCC(=O)[O-].[Fe+2]. The Morgan fingerprint density at radius 1 is 0.609 bits per heavy atom. The van der Waals surface area contributed by atoms with Crippen LogP contribution in [0.5, 0.6) is 0 Å². The van der Waals surface area contributed by atoms with E-state index in [-0.39, 0.29) is 41.5 Å². The monoisotopic (exact) mass is 370 g/mol. The molecule has 0 amide bonds. The summed E-state index contributed by atoms with van der Waals surface area (Å²) in [5.74, 6) is -1.67. The van der Waals surface area contributed by atoms with Gasteiger partial charge < -0.3 is 19.8 Å². The van der Waals surface area contributed by atoms with Crippen molar-refractivity contribution in [2.45, 2.75) is 78.1 Å². The third kappa shape index (κ3) is 26.0. The van der Waals surface area contributed by atoms with Gasteiger partial charge in [0.25, 0.3) is 0 Å². The summed E-state index contributed by atoms with van der Waals surface area (Å²) in [6.07, 6.45) is 4.67.